The number of carbonyl (C=O) groups is 3. The Morgan fingerprint density at radius 1 is 1.00 bits per heavy atom. The van der Waals surface area contributed by atoms with Crippen LogP contribution in [0.2, 0.25) is 5.02 Å². The molecule has 0 bridgehead atoms. The zero-order valence-corrected chi connectivity index (χ0v) is 24.9. The largest absolute Gasteiger partial charge is 0.487 e. The number of halogens is 2. The van der Waals surface area contributed by atoms with Crippen LogP contribution in [0.4, 0.5) is 0 Å². The predicted octanol–water partition coefficient (Wildman–Crippen LogP) is 3.47. The van der Waals surface area contributed by atoms with Gasteiger partial charge < -0.3 is 29.9 Å². The summed E-state index contributed by atoms with van der Waals surface area (Å²) in [5.74, 6) is -1.55. The Balaban J connectivity index is 1.80. The number of nitrogens with zero attached hydrogens (tertiary/aromatic N) is 1. The minimum Gasteiger partial charge on any atom is -0.487 e. The van der Waals surface area contributed by atoms with Crippen molar-refractivity contribution in [3.05, 3.63) is 81.3 Å². The van der Waals surface area contributed by atoms with Crippen molar-refractivity contribution in [1.29, 1.82) is 0 Å². The van der Waals surface area contributed by atoms with Crippen LogP contribution in [-0.4, -0.2) is 72.8 Å². The molecule has 0 saturated heterocycles. The Bertz CT molecular complexity index is 1370. The molecule has 4 N–H and O–H groups in total. The van der Waals surface area contributed by atoms with E-state index in [1.54, 1.807) is 20.2 Å². The van der Waals surface area contributed by atoms with Gasteiger partial charge in [-0.25, -0.2) is 0 Å². The summed E-state index contributed by atoms with van der Waals surface area (Å²) in [7, 11) is 3.15. The molecular weight excluding hydrogens is 618 g/mol. The van der Waals surface area contributed by atoms with Crippen LogP contribution in [0.3, 0.4) is 0 Å². The third-order valence-corrected chi connectivity index (χ3v) is 7.21. The number of aliphatic hydroxyl groups excluding tert-OH is 1. The van der Waals surface area contributed by atoms with E-state index in [4.69, 9.17) is 21.1 Å². The summed E-state index contributed by atoms with van der Waals surface area (Å²) in [6, 6.07) is 17.6. The maximum Gasteiger partial charge on any atom is 0.323 e. The number of carboxylic acid groups (broad SMARTS) is 1. The van der Waals surface area contributed by atoms with Crippen molar-refractivity contribution in [2.45, 2.75) is 19.2 Å². The third-order valence-electron chi connectivity index (χ3n) is 5.98. The van der Waals surface area contributed by atoms with Crippen LogP contribution in [0.5, 0.6) is 11.5 Å². The van der Waals surface area contributed by atoms with Gasteiger partial charge in [0.05, 0.1) is 18.2 Å². The molecule has 0 saturated carbocycles. The highest BCUT2D eigenvalue weighted by atomic mass is 79.9. The second-order valence-electron chi connectivity index (χ2n) is 9.13. The van der Waals surface area contributed by atoms with Crippen molar-refractivity contribution in [2.24, 2.45) is 0 Å². The van der Waals surface area contributed by atoms with Crippen molar-refractivity contribution in [1.82, 2.24) is 15.5 Å². The smallest absolute Gasteiger partial charge is 0.323 e. The Morgan fingerprint density at radius 2 is 1.73 bits per heavy atom. The summed E-state index contributed by atoms with van der Waals surface area (Å²) in [5.41, 5.74) is 3.35. The number of benzene rings is 3. The number of aliphatic carboxylic acids is 1. The SMILES string of the molecule is CN(C)C(=O)CNC(=O)COc1cc(OCc2cccc(-c3ccccc3)c2Br)c(Cl)cc1CN[C@@H](CO)C(=O)O. The van der Waals surface area contributed by atoms with Crippen LogP contribution in [0.15, 0.2) is 65.1 Å². The zero-order valence-electron chi connectivity index (χ0n) is 22.5. The van der Waals surface area contributed by atoms with E-state index in [9.17, 15) is 24.6 Å². The van der Waals surface area contributed by atoms with Gasteiger partial charge >= 0.3 is 5.97 Å². The molecule has 0 spiro atoms. The summed E-state index contributed by atoms with van der Waals surface area (Å²) in [6.07, 6.45) is 0. The van der Waals surface area contributed by atoms with Crippen molar-refractivity contribution in [3.63, 3.8) is 0 Å². The molecule has 3 rings (SSSR count). The molecule has 0 aromatic heterocycles. The van der Waals surface area contributed by atoms with Crippen molar-refractivity contribution in [2.75, 3.05) is 33.9 Å². The molecule has 218 valence electrons. The maximum atomic E-state index is 12.3. The summed E-state index contributed by atoms with van der Waals surface area (Å²) < 4.78 is 12.6. The topological polar surface area (TPSA) is 137 Å². The number of hydrogen-bond acceptors (Lipinski definition) is 7. The van der Waals surface area contributed by atoms with Gasteiger partial charge in [0.15, 0.2) is 6.61 Å². The number of carbonyl (C=O) groups excluding carboxylic acids is 2. The number of likely N-dealkylation sites (N-methyl/N-ethyl adjacent to an activating group) is 1. The number of carboxylic acids is 1. The Labute approximate surface area is 251 Å². The van der Waals surface area contributed by atoms with Crippen LogP contribution in [0, 0.1) is 0 Å². The highest BCUT2D eigenvalue weighted by Crippen LogP contribution is 2.35. The minimum absolute atomic E-state index is 0.0295. The van der Waals surface area contributed by atoms with Crippen molar-refractivity contribution < 1.29 is 34.1 Å². The second kappa shape index (κ2) is 15.4. The molecule has 10 nitrogen and oxygen atoms in total. The first-order valence-electron chi connectivity index (χ1n) is 12.6. The van der Waals surface area contributed by atoms with E-state index in [2.05, 4.69) is 26.6 Å². The molecule has 41 heavy (non-hydrogen) atoms. The molecule has 0 heterocycles. The first kappa shape index (κ1) is 31.9. The zero-order chi connectivity index (χ0) is 29.9. The molecule has 0 aliphatic rings. The monoisotopic (exact) mass is 647 g/mol. The van der Waals surface area contributed by atoms with Gasteiger partial charge in [0.25, 0.3) is 5.91 Å². The van der Waals surface area contributed by atoms with E-state index in [0.29, 0.717) is 5.56 Å². The molecule has 0 fully saturated rings. The summed E-state index contributed by atoms with van der Waals surface area (Å²) in [6.45, 7) is -1.09. The van der Waals surface area contributed by atoms with E-state index in [0.717, 1.165) is 21.2 Å². The van der Waals surface area contributed by atoms with Crippen molar-refractivity contribution in [3.8, 4) is 22.6 Å². The first-order chi connectivity index (χ1) is 19.6. The lowest BCUT2D eigenvalue weighted by Gasteiger charge is -2.18. The van der Waals surface area contributed by atoms with Gasteiger partial charge in [-0.3, -0.25) is 19.7 Å². The van der Waals surface area contributed by atoms with Gasteiger partial charge in [-0.15, -0.1) is 0 Å². The highest BCUT2D eigenvalue weighted by Gasteiger charge is 2.19. The van der Waals surface area contributed by atoms with Gasteiger partial charge in [-0.05, 0) is 33.1 Å². The fraction of sp³-hybridized carbons (Fsp3) is 0.276. The molecular formula is C29H31BrClN3O7. The lowest BCUT2D eigenvalue weighted by molar-refractivity contribution is -0.140. The van der Waals surface area contributed by atoms with Gasteiger partial charge in [-0.1, -0.05) is 60.1 Å². The number of aliphatic hydroxyl groups is 1. The number of amides is 2. The molecule has 3 aromatic rings. The third kappa shape index (κ3) is 9.19. The molecule has 0 radical (unpaired) electrons. The number of nitrogens with one attached hydrogen (secondary N) is 2. The van der Waals surface area contributed by atoms with Crippen LogP contribution in [0.25, 0.3) is 11.1 Å². The Hall–Kier alpha value is -3.64. The van der Waals surface area contributed by atoms with Crippen LogP contribution in [0.1, 0.15) is 11.1 Å². The summed E-state index contributed by atoms with van der Waals surface area (Å²) in [5, 5.41) is 24.0. The predicted molar refractivity (Wildman–Crippen MR) is 158 cm³/mol. The molecule has 0 aliphatic heterocycles. The van der Waals surface area contributed by atoms with Crippen LogP contribution < -0.4 is 20.1 Å². The quantitative estimate of drug-likeness (QED) is 0.209. The normalized spacial score (nSPS) is 11.4. The molecule has 0 unspecified atom stereocenters. The van der Waals surface area contributed by atoms with E-state index in [1.807, 2.05) is 48.5 Å². The van der Waals surface area contributed by atoms with Crippen LogP contribution >= 0.6 is 27.5 Å². The van der Waals surface area contributed by atoms with Gasteiger partial charge in [0.2, 0.25) is 5.91 Å². The average molecular weight is 649 g/mol. The highest BCUT2D eigenvalue weighted by molar-refractivity contribution is 9.10. The van der Waals surface area contributed by atoms with Gasteiger partial charge in [-0.2, -0.15) is 0 Å². The lowest BCUT2D eigenvalue weighted by atomic mass is 10.0. The van der Waals surface area contributed by atoms with E-state index >= 15 is 0 Å². The standard InChI is InChI=1S/C29H31BrClN3O7/c1-34(2)27(37)14-33-26(36)17-41-24-12-25(22(31)11-20(24)13-32-23(15-35)29(38)39)40-16-19-9-6-10-21(28(19)30)18-7-4-3-5-8-18/h3-12,23,32,35H,13-17H2,1-2H3,(H,33,36)(H,38,39)/t23-/m0/s1. The Kier molecular flexibility index (Phi) is 12.0. The number of rotatable bonds is 14. The van der Waals surface area contributed by atoms with E-state index in [-0.39, 0.29) is 42.1 Å². The summed E-state index contributed by atoms with van der Waals surface area (Å²) >= 11 is 10.2. The summed E-state index contributed by atoms with van der Waals surface area (Å²) in [4.78, 5) is 36.7. The maximum absolute atomic E-state index is 12.3. The molecule has 1 atom stereocenters. The van der Waals surface area contributed by atoms with Crippen LogP contribution in [-0.2, 0) is 27.5 Å². The Morgan fingerprint density at radius 3 is 2.39 bits per heavy atom. The fourth-order valence-corrected chi connectivity index (χ4v) is 4.48. The first-order valence-corrected chi connectivity index (χ1v) is 13.7. The number of hydrogen-bond donors (Lipinski definition) is 4. The van der Waals surface area contributed by atoms with Gasteiger partial charge in [0.1, 0.15) is 24.1 Å². The molecule has 0 aliphatic carbocycles. The minimum atomic E-state index is -1.23. The van der Waals surface area contributed by atoms with E-state index in [1.165, 1.54) is 11.0 Å². The molecule has 12 heteroatoms. The molecule has 2 amide bonds. The second-order valence-corrected chi connectivity index (χ2v) is 10.3. The van der Waals surface area contributed by atoms with Gasteiger partial charge in [0, 0.05) is 42.3 Å². The average Bonchev–Trinajstić information content (AvgIpc) is 2.95. The fourth-order valence-electron chi connectivity index (χ4n) is 3.64. The lowest BCUT2D eigenvalue weighted by Crippen LogP contribution is -2.39. The van der Waals surface area contributed by atoms with Crippen molar-refractivity contribution >= 4 is 45.3 Å². The molecule has 3 aromatic carbocycles. The number of ether oxygens (including phenoxy) is 2. The van der Waals surface area contributed by atoms with E-state index < -0.39 is 31.1 Å².